The molecule has 1 spiro atoms. The van der Waals surface area contributed by atoms with Crippen molar-refractivity contribution in [3.05, 3.63) is 30.3 Å². The molecular formula is C16H18N2O2Se. The van der Waals surface area contributed by atoms with Gasteiger partial charge in [-0.1, -0.05) is 0 Å². The zero-order valence-electron chi connectivity index (χ0n) is 11.7. The fraction of sp³-hybridized carbons (Fsp3) is 0.500. The molecule has 2 heterocycles. The van der Waals surface area contributed by atoms with E-state index >= 15 is 0 Å². The normalized spacial score (nSPS) is 34.0. The van der Waals surface area contributed by atoms with Crippen molar-refractivity contribution in [2.45, 2.75) is 42.6 Å². The van der Waals surface area contributed by atoms with Gasteiger partial charge in [-0.05, 0) is 0 Å². The molecule has 0 radical (unpaired) electrons. The molecule has 4 rings (SSSR count). The van der Waals surface area contributed by atoms with Gasteiger partial charge in [-0.25, -0.2) is 0 Å². The molecule has 110 valence electrons. The van der Waals surface area contributed by atoms with E-state index in [1.54, 1.807) is 0 Å². The van der Waals surface area contributed by atoms with Gasteiger partial charge < -0.3 is 0 Å². The first kappa shape index (κ1) is 13.3. The summed E-state index contributed by atoms with van der Waals surface area (Å²) in [5, 5.41) is 3.57. The Morgan fingerprint density at radius 3 is 2.90 bits per heavy atom. The molecule has 3 atom stereocenters. The molecule has 21 heavy (non-hydrogen) atoms. The van der Waals surface area contributed by atoms with E-state index in [9.17, 15) is 9.59 Å². The summed E-state index contributed by atoms with van der Waals surface area (Å²) >= 11 is 0.359. The van der Waals surface area contributed by atoms with Crippen molar-refractivity contribution >= 4 is 31.4 Å². The average molecular weight is 349 g/mol. The summed E-state index contributed by atoms with van der Waals surface area (Å²) in [5.41, 5.74) is -0.492. The number of hydrogen-bond donors (Lipinski definition) is 1. The Morgan fingerprint density at radius 1 is 1.29 bits per heavy atom. The van der Waals surface area contributed by atoms with Gasteiger partial charge in [0.2, 0.25) is 0 Å². The van der Waals surface area contributed by atoms with Crippen LogP contribution in [0.2, 0.25) is 5.32 Å². The number of hydrogen-bond acceptors (Lipinski definition) is 2. The van der Waals surface area contributed by atoms with Gasteiger partial charge in [-0.3, -0.25) is 0 Å². The van der Waals surface area contributed by atoms with Gasteiger partial charge in [-0.2, -0.15) is 0 Å². The first-order valence-corrected chi connectivity index (χ1v) is 9.61. The Kier molecular flexibility index (Phi) is 3.09. The number of nitrogens with one attached hydrogen (secondary N) is 1. The van der Waals surface area contributed by atoms with E-state index in [0.717, 1.165) is 31.0 Å². The van der Waals surface area contributed by atoms with Crippen LogP contribution in [0.15, 0.2) is 30.3 Å². The van der Waals surface area contributed by atoms with E-state index in [-0.39, 0.29) is 18.0 Å². The zero-order chi connectivity index (χ0) is 14.4. The topological polar surface area (TPSA) is 49.4 Å². The number of benzene rings is 1. The van der Waals surface area contributed by atoms with Crippen molar-refractivity contribution in [3.8, 4) is 0 Å². The van der Waals surface area contributed by atoms with Crippen LogP contribution in [0.5, 0.6) is 0 Å². The first-order chi connectivity index (χ1) is 10.2. The maximum atomic E-state index is 12.3. The molecule has 3 amide bonds. The molecule has 4 nitrogen and oxygen atoms in total. The molecule has 1 unspecified atom stereocenters. The molecule has 3 fully saturated rings. The van der Waals surface area contributed by atoms with Crippen LogP contribution in [0.3, 0.4) is 0 Å². The summed E-state index contributed by atoms with van der Waals surface area (Å²) in [6.45, 7) is 0. The predicted octanol–water partition coefficient (Wildman–Crippen LogP) is 1.30. The molecule has 3 aliphatic rings. The number of nitrogens with zero attached hydrogens (tertiary/aromatic N) is 1. The number of carbonyl (C=O) groups excluding carboxylic acids is 2. The minimum absolute atomic E-state index is 0.0373. The van der Waals surface area contributed by atoms with Crippen molar-refractivity contribution in [1.29, 1.82) is 0 Å². The summed E-state index contributed by atoms with van der Waals surface area (Å²) < 4.78 is 1.36. The van der Waals surface area contributed by atoms with Crippen LogP contribution in [-0.2, 0) is 4.79 Å². The van der Waals surface area contributed by atoms with E-state index in [1.807, 2.05) is 11.0 Å². The Hall–Kier alpha value is -1.32. The van der Waals surface area contributed by atoms with Gasteiger partial charge in [0.05, 0.1) is 0 Å². The van der Waals surface area contributed by atoms with Crippen molar-refractivity contribution < 1.29 is 9.59 Å². The number of amides is 3. The third-order valence-corrected chi connectivity index (χ3v) is 7.58. The molecular weight excluding hydrogens is 331 g/mol. The van der Waals surface area contributed by atoms with Crippen LogP contribution in [0, 0.1) is 5.92 Å². The number of rotatable bonds is 3. The van der Waals surface area contributed by atoms with E-state index in [1.165, 1.54) is 4.46 Å². The summed E-state index contributed by atoms with van der Waals surface area (Å²) in [4.78, 5) is 26.5. The molecule has 1 saturated carbocycles. The van der Waals surface area contributed by atoms with E-state index in [2.05, 4.69) is 29.6 Å². The Labute approximate surface area is 130 Å². The second-order valence-electron chi connectivity index (χ2n) is 6.16. The van der Waals surface area contributed by atoms with Crippen LogP contribution in [0.1, 0.15) is 25.7 Å². The van der Waals surface area contributed by atoms with Gasteiger partial charge in [0.1, 0.15) is 0 Å². The Morgan fingerprint density at radius 2 is 2.10 bits per heavy atom. The van der Waals surface area contributed by atoms with Crippen molar-refractivity contribution in [2.75, 3.05) is 0 Å². The van der Waals surface area contributed by atoms with Crippen LogP contribution in [0.25, 0.3) is 0 Å². The first-order valence-electron chi connectivity index (χ1n) is 7.54. The molecule has 1 aromatic rings. The van der Waals surface area contributed by atoms with Gasteiger partial charge in [-0.15, -0.1) is 0 Å². The SMILES string of the molecule is O=C1NC(=O)[C@]23CCCC2C[C@@H](C[Se]c2ccccc2)N13. The van der Waals surface area contributed by atoms with Crippen molar-refractivity contribution in [1.82, 2.24) is 10.2 Å². The molecule has 2 saturated heterocycles. The van der Waals surface area contributed by atoms with Gasteiger partial charge >= 0.3 is 130 Å². The quantitative estimate of drug-likeness (QED) is 0.661. The monoisotopic (exact) mass is 350 g/mol. The van der Waals surface area contributed by atoms with Gasteiger partial charge in [0, 0.05) is 0 Å². The molecule has 1 aromatic carbocycles. The van der Waals surface area contributed by atoms with Crippen molar-refractivity contribution in [2.24, 2.45) is 5.92 Å². The Bertz CT molecular complexity index is 591. The van der Waals surface area contributed by atoms with Crippen LogP contribution in [0.4, 0.5) is 4.79 Å². The fourth-order valence-corrected chi connectivity index (χ4v) is 6.46. The molecule has 1 aliphatic carbocycles. The number of urea groups is 1. The number of carbonyl (C=O) groups is 2. The summed E-state index contributed by atoms with van der Waals surface area (Å²) in [5.74, 6) is 0.338. The fourth-order valence-electron chi connectivity index (χ4n) is 4.32. The molecule has 1 N–H and O–H groups in total. The minimum atomic E-state index is -0.492. The Balaban J connectivity index is 1.55. The third kappa shape index (κ3) is 1.87. The summed E-state index contributed by atoms with van der Waals surface area (Å²) in [6.07, 6.45) is 4.02. The summed E-state index contributed by atoms with van der Waals surface area (Å²) in [6, 6.07) is 10.5. The summed E-state index contributed by atoms with van der Waals surface area (Å²) in [7, 11) is 0. The maximum absolute atomic E-state index is 12.3. The average Bonchev–Trinajstić information content (AvgIpc) is 3.08. The number of imide groups is 1. The third-order valence-electron chi connectivity index (χ3n) is 5.16. The van der Waals surface area contributed by atoms with Crippen LogP contribution in [-0.4, -0.2) is 43.4 Å². The molecule has 2 aliphatic heterocycles. The molecule has 0 aromatic heterocycles. The van der Waals surface area contributed by atoms with E-state index in [0.29, 0.717) is 20.9 Å². The standard InChI is InChI=1S/C16H18N2O2Se/c19-14-16-8-4-5-11(16)9-12(18(16)15(20)17-14)10-21-13-6-2-1-3-7-13/h1-3,6-7,11-12H,4-5,8-10H2,(H,17,19,20)/t11?,12-,16-/m0/s1. The molecule has 0 bridgehead atoms. The second kappa shape index (κ2) is 4.85. The van der Waals surface area contributed by atoms with E-state index in [4.69, 9.17) is 0 Å². The zero-order valence-corrected chi connectivity index (χ0v) is 13.5. The molecule has 5 heteroatoms. The van der Waals surface area contributed by atoms with Crippen LogP contribution >= 0.6 is 0 Å². The van der Waals surface area contributed by atoms with Crippen LogP contribution < -0.4 is 9.78 Å². The van der Waals surface area contributed by atoms with Gasteiger partial charge in [0.15, 0.2) is 0 Å². The van der Waals surface area contributed by atoms with E-state index < -0.39 is 5.54 Å². The predicted molar refractivity (Wildman–Crippen MR) is 80.5 cm³/mol. The second-order valence-corrected chi connectivity index (χ2v) is 8.45. The van der Waals surface area contributed by atoms with Gasteiger partial charge in [0.25, 0.3) is 0 Å². The van der Waals surface area contributed by atoms with Crippen molar-refractivity contribution in [3.63, 3.8) is 0 Å².